The molecule has 1 aliphatic heterocycles. The molecule has 0 spiro atoms. The third-order valence-corrected chi connectivity index (χ3v) is 7.13. The minimum atomic E-state index is -0.792. The summed E-state index contributed by atoms with van der Waals surface area (Å²) in [6.45, 7) is 3.79. The molecular formula is C33H33N3O4. The summed E-state index contributed by atoms with van der Waals surface area (Å²) in [4.78, 5) is 44.5. The van der Waals surface area contributed by atoms with Crippen molar-refractivity contribution >= 4 is 34.2 Å². The lowest BCUT2D eigenvalue weighted by atomic mass is 10.0. The first-order chi connectivity index (χ1) is 19.4. The molecule has 7 heteroatoms. The van der Waals surface area contributed by atoms with Gasteiger partial charge >= 0.3 is 0 Å². The first-order valence-corrected chi connectivity index (χ1v) is 13.5. The molecule has 204 valence electrons. The summed E-state index contributed by atoms with van der Waals surface area (Å²) in [5.74, 6) is -0.116. The molecule has 1 unspecified atom stereocenters. The molecule has 0 aliphatic carbocycles. The number of carbonyl (C=O) groups is 3. The number of amides is 3. The molecule has 0 saturated heterocycles. The third kappa shape index (κ3) is 5.54. The summed E-state index contributed by atoms with van der Waals surface area (Å²) in [7, 11) is 1.59. The Morgan fingerprint density at radius 2 is 1.60 bits per heavy atom. The van der Waals surface area contributed by atoms with E-state index in [2.05, 4.69) is 5.32 Å². The fourth-order valence-corrected chi connectivity index (χ4v) is 5.26. The van der Waals surface area contributed by atoms with Crippen molar-refractivity contribution in [1.82, 2.24) is 10.2 Å². The number of methoxy groups -OCH3 is 1. The molecule has 5 rings (SSSR count). The zero-order valence-corrected chi connectivity index (χ0v) is 23.0. The zero-order chi connectivity index (χ0) is 28.2. The number of nitrogens with one attached hydrogen (secondary N) is 1. The number of carbonyl (C=O) groups excluding carboxylic acids is 3. The van der Waals surface area contributed by atoms with Crippen molar-refractivity contribution in [3.63, 3.8) is 0 Å². The van der Waals surface area contributed by atoms with Gasteiger partial charge < -0.3 is 15.0 Å². The maximum absolute atomic E-state index is 14.2. The number of hydrogen-bond donors (Lipinski definition) is 1. The van der Waals surface area contributed by atoms with Gasteiger partial charge in [-0.2, -0.15) is 0 Å². The van der Waals surface area contributed by atoms with E-state index < -0.39 is 6.04 Å². The zero-order valence-electron chi connectivity index (χ0n) is 23.0. The van der Waals surface area contributed by atoms with Crippen molar-refractivity contribution in [3.8, 4) is 5.75 Å². The highest BCUT2D eigenvalue weighted by Gasteiger charge is 2.36. The van der Waals surface area contributed by atoms with E-state index >= 15 is 0 Å². The second-order valence-corrected chi connectivity index (χ2v) is 10.3. The van der Waals surface area contributed by atoms with E-state index in [1.807, 2.05) is 98.8 Å². The Balaban J connectivity index is 1.52. The van der Waals surface area contributed by atoms with Crippen molar-refractivity contribution in [1.29, 1.82) is 0 Å². The molecule has 0 radical (unpaired) electrons. The van der Waals surface area contributed by atoms with Crippen molar-refractivity contribution < 1.29 is 19.1 Å². The van der Waals surface area contributed by atoms with Gasteiger partial charge in [-0.1, -0.05) is 66.7 Å². The van der Waals surface area contributed by atoms with Gasteiger partial charge in [0.25, 0.3) is 5.91 Å². The summed E-state index contributed by atoms with van der Waals surface area (Å²) >= 11 is 0. The van der Waals surface area contributed by atoms with E-state index in [-0.39, 0.29) is 36.9 Å². The summed E-state index contributed by atoms with van der Waals surface area (Å²) in [6.07, 6.45) is 0.332. The Kier molecular flexibility index (Phi) is 7.82. The van der Waals surface area contributed by atoms with Crippen LogP contribution in [-0.4, -0.2) is 48.4 Å². The Morgan fingerprint density at radius 3 is 2.33 bits per heavy atom. The average molecular weight is 536 g/mol. The second kappa shape index (κ2) is 11.6. The van der Waals surface area contributed by atoms with E-state index in [4.69, 9.17) is 4.74 Å². The maximum atomic E-state index is 14.2. The predicted molar refractivity (Wildman–Crippen MR) is 156 cm³/mol. The number of nitrogens with zero attached hydrogens (tertiary/aromatic N) is 2. The van der Waals surface area contributed by atoms with E-state index in [1.54, 1.807) is 18.1 Å². The van der Waals surface area contributed by atoms with Gasteiger partial charge in [0.15, 0.2) is 0 Å². The molecule has 40 heavy (non-hydrogen) atoms. The first-order valence-electron chi connectivity index (χ1n) is 13.5. The van der Waals surface area contributed by atoms with Crippen LogP contribution in [-0.2, 0) is 22.6 Å². The van der Waals surface area contributed by atoms with E-state index in [0.717, 1.165) is 21.9 Å². The van der Waals surface area contributed by atoms with Crippen molar-refractivity contribution in [2.24, 2.45) is 0 Å². The van der Waals surface area contributed by atoms with Crippen LogP contribution < -0.4 is 15.0 Å². The fourth-order valence-electron chi connectivity index (χ4n) is 5.26. The number of anilines is 1. The van der Waals surface area contributed by atoms with Crippen LogP contribution in [0, 0.1) is 0 Å². The smallest absolute Gasteiger partial charge is 0.259 e. The number of benzene rings is 4. The fraction of sp³-hybridized carbons (Fsp3) is 0.242. The Bertz CT molecular complexity index is 1540. The SMILES string of the molecule is COc1cccc(CN(C(=O)CN2C(=O)c3cccc4cccc2c34)C(Cc2ccccc2)C(=O)NC(C)C)c1. The number of rotatable bonds is 10. The standard InChI is InChI=1S/C33H33N3O4/c1-22(2)34-32(38)29(19-23-10-5-4-6-11-23)35(20-24-12-7-15-26(18-24)40-3)30(37)21-36-28-17-9-14-25-13-8-16-27(31(25)28)33(36)39/h4-18,22,29H,19-21H2,1-3H3,(H,34,38). The molecule has 1 atom stereocenters. The summed E-state index contributed by atoms with van der Waals surface area (Å²) in [6, 6.07) is 27.5. The lowest BCUT2D eigenvalue weighted by Crippen LogP contribution is -2.54. The highest BCUT2D eigenvalue weighted by Crippen LogP contribution is 2.37. The van der Waals surface area contributed by atoms with Gasteiger partial charge in [0.05, 0.1) is 12.8 Å². The summed E-state index contributed by atoms with van der Waals surface area (Å²) in [5.41, 5.74) is 3.04. The van der Waals surface area contributed by atoms with Crippen LogP contribution in [0.1, 0.15) is 35.3 Å². The lowest BCUT2D eigenvalue weighted by molar-refractivity contribution is -0.140. The summed E-state index contributed by atoms with van der Waals surface area (Å²) < 4.78 is 5.41. The third-order valence-electron chi connectivity index (χ3n) is 7.13. The van der Waals surface area contributed by atoms with Gasteiger partial charge in [-0.3, -0.25) is 19.3 Å². The maximum Gasteiger partial charge on any atom is 0.259 e. The highest BCUT2D eigenvalue weighted by molar-refractivity contribution is 6.26. The molecule has 1 heterocycles. The lowest BCUT2D eigenvalue weighted by Gasteiger charge is -2.33. The van der Waals surface area contributed by atoms with E-state index in [9.17, 15) is 14.4 Å². The van der Waals surface area contributed by atoms with Gasteiger partial charge in [-0.05, 0) is 54.6 Å². The Labute approximate surface area is 234 Å². The van der Waals surface area contributed by atoms with E-state index in [0.29, 0.717) is 23.4 Å². The average Bonchev–Trinajstić information content (AvgIpc) is 3.23. The monoisotopic (exact) mass is 535 g/mol. The van der Waals surface area contributed by atoms with Crippen LogP contribution in [0.5, 0.6) is 5.75 Å². The molecule has 0 fully saturated rings. The van der Waals surface area contributed by atoms with Crippen molar-refractivity contribution in [2.75, 3.05) is 18.6 Å². The van der Waals surface area contributed by atoms with Crippen LogP contribution in [0.4, 0.5) is 5.69 Å². The Morgan fingerprint density at radius 1 is 0.900 bits per heavy atom. The molecule has 3 amide bonds. The first kappa shape index (κ1) is 26.9. The molecule has 7 nitrogen and oxygen atoms in total. The molecule has 1 aliphatic rings. The molecule has 4 aromatic rings. The minimum Gasteiger partial charge on any atom is -0.497 e. The van der Waals surface area contributed by atoms with Gasteiger partial charge in [-0.15, -0.1) is 0 Å². The van der Waals surface area contributed by atoms with Gasteiger partial charge in [-0.25, -0.2) is 0 Å². The van der Waals surface area contributed by atoms with E-state index in [1.165, 1.54) is 4.90 Å². The van der Waals surface area contributed by atoms with Crippen LogP contribution in [0.2, 0.25) is 0 Å². The number of hydrogen-bond acceptors (Lipinski definition) is 4. The van der Waals surface area contributed by atoms with Gasteiger partial charge in [0.1, 0.15) is 18.3 Å². The normalized spacial score (nSPS) is 13.0. The molecule has 0 aromatic heterocycles. The molecule has 4 aromatic carbocycles. The topological polar surface area (TPSA) is 79.0 Å². The van der Waals surface area contributed by atoms with Crippen LogP contribution in [0.25, 0.3) is 10.8 Å². The summed E-state index contributed by atoms with van der Waals surface area (Å²) in [5, 5.41) is 4.80. The quantitative estimate of drug-likeness (QED) is 0.311. The van der Waals surface area contributed by atoms with Gasteiger partial charge in [0.2, 0.25) is 11.8 Å². The highest BCUT2D eigenvalue weighted by atomic mass is 16.5. The molecule has 0 saturated carbocycles. The molecule has 1 N–H and O–H groups in total. The van der Waals surface area contributed by atoms with Crippen LogP contribution >= 0.6 is 0 Å². The van der Waals surface area contributed by atoms with Crippen LogP contribution in [0.3, 0.4) is 0 Å². The van der Waals surface area contributed by atoms with Crippen molar-refractivity contribution in [2.45, 2.75) is 38.9 Å². The van der Waals surface area contributed by atoms with Crippen LogP contribution in [0.15, 0.2) is 91.0 Å². The van der Waals surface area contributed by atoms with Crippen molar-refractivity contribution in [3.05, 3.63) is 108 Å². The largest absolute Gasteiger partial charge is 0.497 e. The molecule has 0 bridgehead atoms. The Hall–Kier alpha value is -4.65. The second-order valence-electron chi connectivity index (χ2n) is 10.3. The minimum absolute atomic E-state index is 0.105. The van der Waals surface area contributed by atoms with Gasteiger partial charge in [0, 0.05) is 30.0 Å². The predicted octanol–water partition coefficient (Wildman–Crippen LogP) is 4.97. The molecular weight excluding hydrogens is 502 g/mol. The number of ether oxygens (including phenoxy) is 1.